The predicted octanol–water partition coefficient (Wildman–Crippen LogP) is 3.20. The molecule has 1 saturated heterocycles. The molecule has 0 aliphatic carbocycles. The van der Waals surface area contributed by atoms with Crippen LogP contribution < -0.4 is 4.74 Å². The monoisotopic (exact) mass is 350 g/mol. The number of para-hydroxylation sites is 1. The van der Waals surface area contributed by atoms with Gasteiger partial charge in [0, 0.05) is 38.3 Å². The third-order valence-electron chi connectivity index (χ3n) is 5.11. The van der Waals surface area contributed by atoms with Crippen molar-refractivity contribution in [1.82, 2.24) is 19.8 Å². The highest BCUT2D eigenvalue weighted by Crippen LogP contribution is 2.20. The number of ether oxygens (including phenoxy) is 1. The van der Waals surface area contributed by atoms with Gasteiger partial charge in [0.25, 0.3) is 0 Å². The highest BCUT2D eigenvalue weighted by atomic mass is 16.5. The molecule has 0 atom stereocenters. The summed E-state index contributed by atoms with van der Waals surface area (Å²) in [5.74, 6) is 2.04. The molecule has 4 rings (SSSR count). The van der Waals surface area contributed by atoms with Crippen LogP contribution in [0.25, 0.3) is 11.0 Å². The SMILES string of the molecule is COc1ccccc1CN1CCN(Cc2nc3ccc(C)cc3[nH]2)CC1. The van der Waals surface area contributed by atoms with Gasteiger partial charge in [-0.05, 0) is 30.7 Å². The second-order valence-corrected chi connectivity index (χ2v) is 7.07. The number of nitrogens with zero attached hydrogens (tertiary/aromatic N) is 3. The number of piperazine rings is 1. The number of methoxy groups -OCH3 is 1. The maximum absolute atomic E-state index is 5.47. The molecule has 26 heavy (non-hydrogen) atoms. The average Bonchev–Trinajstić information content (AvgIpc) is 3.05. The lowest BCUT2D eigenvalue weighted by atomic mass is 10.1. The first kappa shape index (κ1) is 17.1. The second kappa shape index (κ2) is 7.48. The van der Waals surface area contributed by atoms with E-state index in [0.29, 0.717) is 0 Å². The van der Waals surface area contributed by atoms with Gasteiger partial charge in [-0.15, -0.1) is 0 Å². The molecule has 1 aliphatic rings. The molecular formula is C21H26N4O. The van der Waals surface area contributed by atoms with E-state index in [-0.39, 0.29) is 0 Å². The van der Waals surface area contributed by atoms with Crippen LogP contribution in [0.4, 0.5) is 0 Å². The van der Waals surface area contributed by atoms with Gasteiger partial charge in [-0.1, -0.05) is 24.3 Å². The first-order valence-electron chi connectivity index (χ1n) is 9.23. The van der Waals surface area contributed by atoms with Gasteiger partial charge in [0.1, 0.15) is 11.6 Å². The Morgan fingerprint density at radius 1 is 1.00 bits per heavy atom. The highest BCUT2D eigenvalue weighted by molar-refractivity contribution is 5.75. The Morgan fingerprint density at radius 3 is 2.50 bits per heavy atom. The van der Waals surface area contributed by atoms with E-state index in [2.05, 4.69) is 52.0 Å². The van der Waals surface area contributed by atoms with Gasteiger partial charge in [-0.2, -0.15) is 0 Å². The summed E-state index contributed by atoms with van der Waals surface area (Å²) < 4.78 is 5.47. The molecule has 0 amide bonds. The maximum atomic E-state index is 5.47. The van der Waals surface area contributed by atoms with Crippen LogP contribution in [0.15, 0.2) is 42.5 Å². The van der Waals surface area contributed by atoms with Gasteiger partial charge in [-0.3, -0.25) is 9.80 Å². The van der Waals surface area contributed by atoms with Gasteiger partial charge in [0.2, 0.25) is 0 Å². The molecule has 1 fully saturated rings. The van der Waals surface area contributed by atoms with Crippen molar-refractivity contribution in [3.63, 3.8) is 0 Å². The quantitative estimate of drug-likeness (QED) is 0.767. The summed E-state index contributed by atoms with van der Waals surface area (Å²) in [6.07, 6.45) is 0. The fourth-order valence-corrected chi connectivity index (χ4v) is 3.64. The smallest absolute Gasteiger partial charge is 0.123 e. The number of fused-ring (bicyclic) bond motifs is 1. The fraction of sp³-hybridized carbons (Fsp3) is 0.381. The molecule has 0 saturated carbocycles. The number of H-pyrrole nitrogens is 1. The van der Waals surface area contributed by atoms with Crippen molar-refractivity contribution in [2.75, 3.05) is 33.3 Å². The zero-order chi connectivity index (χ0) is 17.9. The minimum absolute atomic E-state index is 0.885. The Morgan fingerprint density at radius 2 is 1.73 bits per heavy atom. The normalized spacial score (nSPS) is 16.2. The third-order valence-corrected chi connectivity index (χ3v) is 5.11. The van der Waals surface area contributed by atoms with Crippen LogP contribution in [0.3, 0.4) is 0 Å². The van der Waals surface area contributed by atoms with Crippen molar-refractivity contribution in [3.05, 3.63) is 59.4 Å². The summed E-state index contributed by atoms with van der Waals surface area (Å²) in [4.78, 5) is 13.2. The summed E-state index contributed by atoms with van der Waals surface area (Å²) in [5.41, 5.74) is 4.71. The molecule has 0 bridgehead atoms. The molecule has 1 aliphatic heterocycles. The Kier molecular flexibility index (Phi) is 4.91. The number of hydrogen-bond acceptors (Lipinski definition) is 4. The van der Waals surface area contributed by atoms with Crippen molar-refractivity contribution in [3.8, 4) is 5.75 Å². The van der Waals surface area contributed by atoms with Crippen molar-refractivity contribution in [1.29, 1.82) is 0 Å². The number of rotatable bonds is 5. The summed E-state index contributed by atoms with van der Waals surface area (Å²) in [7, 11) is 1.74. The lowest BCUT2D eigenvalue weighted by Crippen LogP contribution is -2.45. The summed E-state index contributed by atoms with van der Waals surface area (Å²) >= 11 is 0. The molecular weight excluding hydrogens is 324 g/mol. The van der Waals surface area contributed by atoms with E-state index in [9.17, 15) is 0 Å². The van der Waals surface area contributed by atoms with Crippen molar-refractivity contribution < 1.29 is 4.74 Å². The predicted molar refractivity (Wildman–Crippen MR) is 104 cm³/mol. The molecule has 3 aromatic rings. The minimum atomic E-state index is 0.885. The van der Waals surface area contributed by atoms with Gasteiger partial charge < -0.3 is 9.72 Å². The molecule has 5 heteroatoms. The van der Waals surface area contributed by atoms with Crippen LogP contribution in [0.2, 0.25) is 0 Å². The first-order chi connectivity index (χ1) is 12.7. The van der Waals surface area contributed by atoms with Crippen LogP contribution in [-0.2, 0) is 13.1 Å². The molecule has 2 heterocycles. The molecule has 136 valence electrons. The first-order valence-corrected chi connectivity index (χ1v) is 9.23. The number of benzene rings is 2. The van der Waals surface area contributed by atoms with Crippen LogP contribution in [0.5, 0.6) is 5.75 Å². The second-order valence-electron chi connectivity index (χ2n) is 7.07. The van der Waals surface area contributed by atoms with Gasteiger partial charge in [0.05, 0.1) is 24.7 Å². The zero-order valence-electron chi connectivity index (χ0n) is 15.5. The van der Waals surface area contributed by atoms with E-state index in [1.165, 1.54) is 11.1 Å². The summed E-state index contributed by atoms with van der Waals surface area (Å²) in [6.45, 7) is 8.20. The fourth-order valence-electron chi connectivity index (χ4n) is 3.64. The molecule has 0 radical (unpaired) electrons. The zero-order valence-corrected chi connectivity index (χ0v) is 15.5. The molecule has 0 unspecified atom stereocenters. The molecule has 1 N–H and O–H groups in total. The highest BCUT2D eigenvalue weighted by Gasteiger charge is 2.19. The minimum Gasteiger partial charge on any atom is -0.496 e. The van der Waals surface area contributed by atoms with E-state index < -0.39 is 0 Å². The number of aromatic nitrogens is 2. The summed E-state index contributed by atoms with van der Waals surface area (Å²) in [5, 5.41) is 0. The largest absolute Gasteiger partial charge is 0.496 e. The van der Waals surface area contributed by atoms with Crippen LogP contribution in [-0.4, -0.2) is 53.1 Å². The maximum Gasteiger partial charge on any atom is 0.123 e. The van der Waals surface area contributed by atoms with E-state index in [4.69, 9.17) is 9.72 Å². The van der Waals surface area contributed by atoms with E-state index in [0.717, 1.165) is 61.9 Å². The van der Waals surface area contributed by atoms with E-state index >= 15 is 0 Å². The van der Waals surface area contributed by atoms with E-state index in [1.54, 1.807) is 7.11 Å². The lowest BCUT2D eigenvalue weighted by Gasteiger charge is -2.34. The van der Waals surface area contributed by atoms with E-state index in [1.807, 2.05) is 12.1 Å². The van der Waals surface area contributed by atoms with Gasteiger partial charge in [-0.25, -0.2) is 4.98 Å². The van der Waals surface area contributed by atoms with Gasteiger partial charge >= 0.3 is 0 Å². The van der Waals surface area contributed by atoms with Crippen LogP contribution >= 0.6 is 0 Å². The molecule has 0 spiro atoms. The number of hydrogen-bond donors (Lipinski definition) is 1. The standard InChI is InChI=1S/C21H26N4O/c1-16-7-8-18-19(13-16)23-21(22-18)15-25-11-9-24(10-12-25)14-17-5-3-4-6-20(17)26-2/h3-8,13H,9-12,14-15H2,1-2H3,(H,22,23). The van der Waals surface area contributed by atoms with Crippen LogP contribution in [0.1, 0.15) is 17.0 Å². The molecule has 5 nitrogen and oxygen atoms in total. The Bertz CT molecular complexity index is 881. The lowest BCUT2D eigenvalue weighted by molar-refractivity contribution is 0.119. The van der Waals surface area contributed by atoms with Crippen molar-refractivity contribution >= 4 is 11.0 Å². The summed E-state index contributed by atoms with van der Waals surface area (Å²) in [6, 6.07) is 14.7. The van der Waals surface area contributed by atoms with Crippen LogP contribution in [0, 0.1) is 6.92 Å². The van der Waals surface area contributed by atoms with Gasteiger partial charge in [0.15, 0.2) is 0 Å². The number of nitrogens with one attached hydrogen (secondary N) is 1. The molecule has 1 aromatic heterocycles. The molecule has 2 aromatic carbocycles. The van der Waals surface area contributed by atoms with Crippen molar-refractivity contribution in [2.45, 2.75) is 20.0 Å². The topological polar surface area (TPSA) is 44.4 Å². The number of imidazole rings is 1. The third kappa shape index (κ3) is 3.74. The number of aryl methyl sites for hydroxylation is 1. The van der Waals surface area contributed by atoms with Crippen molar-refractivity contribution in [2.24, 2.45) is 0 Å². The average molecular weight is 350 g/mol. The Balaban J connectivity index is 1.34. The Hall–Kier alpha value is -2.37. The Labute approximate surface area is 154 Å². The number of aromatic amines is 1.